The SMILES string of the molecule is COc1ccc(C2=C\C(=O)N3C=C(N4CCNCC4)C=C\C3=C/C=C/2)cc1Cl. The number of hydrogen-bond acceptors (Lipinski definition) is 4. The van der Waals surface area contributed by atoms with E-state index in [-0.39, 0.29) is 5.91 Å². The summed E-state index contributed by atoms with van der Waals surface area (Å²) < 4.78 is 5.21. The Morgan fingerprint density at radius 1 is 1.11 bits per heavy atom. The van der Waals surface area contributed by atoms with E-state index in [4.69, 9.17) is 16.3 Å². The molecule has 0 aliphatic carbocycles. The van der Waals surface area contributed by atoms with Crippen molar-refractivity contribution in [3.63, 3.8) is 0 Å². The van der Waals surface area contributed by atoms with Crippen molar-refractivity contribution in [1.82, 2.24) is 15.1 Å². The van der Waals surface area contributed by atoms with Crippen molar-refractivity contribution in [2.45, 2.75) is 0 Å². The van der Waals surface area contributed by atoms with E-state index >= 15 is 0 Å². The predicted molar refractivity (Wildman–Crippen MR) is 112 cm³/mol. The highest BCUT2D eigenvalue weighted by atomic mass is 35.5. The molecule has 0 unspecified atom stereocenters. The van der Waals surface area contributed by atoms with Crippen LogP contribution in [0.5, 0.6) is 5.75 Å². The zero-order valence-electron chi connectivity index (χ0n) is 15.7. The number of amides is 1. The van der Waals surface area contributed by atoms with E-state index in [9.17, 15) is 4.79 Å². The summed E-state index contributed by atoms with van der Waals surface area (Å²) in [7, 11) is 1.58. The fourth-order valence-corrected chi connectivity index (χ4v) is 3.72. The van der Waals surface area contributed by atoms with Crippen LogP contribution >= 0.6 is 11.6 Å². The Hall–Kier alpha value is -2.76. The van der Waals surface area contributed by atoms with E-state index in [0.29, 0.717) is 10.8 Å². The quantitative estimate of drug-likeness (QED) is 0.852. The number of rotatable bonds is 3. The topological polar surface area (TPSA) is 44.8 Å². The van der Waals surface area contributed by atoms with E-state index in [0.717, 1.165) is 48.7 Å². The Morgan fingerprint density at radius 3 is 2.64 bits per heavy atom. The van der Waals surface area contributed by atoms with Gasteiger partial charge in [0.25, 0.3) is 5.91 Å². The molecule has 28 heavy (non-hydrogen) atoms. The summed E-state index contributed by atoms with van der Waals surface area (Å²) in [6.07, 6.45) is 13.4. The number of piperazine rings is 1. The number of nitrogens with zero attached hydrogens (tertiary/aromatic N) is 2. The van der Waals surface area contributed by atoms with Crippen LogP contribution in [0, 0.1) is 0 Å². The summed E-state index contributed by atoms with van der Waals surface area (Å²) >= 11 is 6.26. The van der Waals surface area contributed by atoms with Crippen LogP contribution in [0.2, 0.25) is 5.02 Å². The second kappa shape index (κ2) is 8.09. The van der Waals surface area contributed by atoms with Gasteiger partial charge in [0.05, 0.1) is 17.8 Å². The number of fused-ring (bicyclic) bond motifs is 1. The molecule has 1 aromatic rings. The molecule has 3 heterocycles. The third-order valence-corrected chi connectivity index (χ3v) is 5.29. The minimum absolute atomic E-state index is 0.0884. The van der Waals surface area contributed by atoms with Crippen LogP contribution in [-0.2, 0) is 4.79 Å². The van der Waals surface area contributed by atoms with Crippen LogP contribution in [0.4, 0.5) is 0 Å². The third kappa shape index (κ3) is 3.77. The average molecular weight is 396 g/mol. The fourth-order valence-electron chi connectivity index (χ4n) is 3.46. The summed E-state index contributed by atoms with van der Waals surface area (Å²) in [5, 5.41) is 3.87. The number of benzene rings is 1. The van der Waals surface area contributed by atoms with Gasteiger partial charge in [-0.05, 0) is 41.5 Å². The normalized spacial score (nSPS) is 24.2. The molecule has 144 valence electrons. The van der Waals surface area contributed by atoms with Gasteiger partial charge in [-0.15, -0.1) is 0 Å². The highest BCUT2D eigenvalue weighted by molar-refractivity contribution is 6.32. The van der Waals surface area contributed by atoms with Gasteiger partial charge in [-0.2, -0.15) is 0 Å². The maximum absolute atomic E-state index is 13.0. The van der Waals surface area contributed by atoms with Gasteiger partial charge in [0, 0.05) is 44.2 Å². The Morgan fingerprint density at radius 2 is 1.89 bits per heavy atom. The molecule has 3 aliphatic heterocycles. The molecule has 1 aromatic carbocycles. The van der Waals surface area contributed by atoms with Crippen LogP contribution in [0.3, 0.4) is 0 Å². The summed E-state index contributed by atoms with van der Waals surface area (Å²) in [4.78, 5) is 17.0. The Labute approximate surface area is 169 Å². The first-order chi connectivity index (χ1) is 13.7. The van der Waals surface area contributed by atoms with Crippen molar-refractivity contribution in [3.05, 3.63) is 82.8 Å². The molecule has 6 heteroatoms. The van der Waals surface area contributed by atoms with Crippen molar-refractivity contribution in [3.8, 4) is 5.75 Å². The van der Waals surface area contributed by atoms with Crippen LogP contribution < -0.4 is 10.1 Å². The second-order valence-corrected chi connectivity index (χ2v) is 7.14. The highest BCUT2D eigenvalue weighted by Gasteiger charge is 2.21. The molecule has 0 spiro atoms. The number of allylic oxidation sites excluding steroid dienone is 6. The number of nitrogens with one attached hydrogen (secondary N) is 1. The van der Waals surface area contributed by atoms with Crippen LogP contribution in [0.15, 0.2) is 72.2 Å². The first kappa shape index (κ1) is 18.6. The molecular weight excluding hydrogens is 374 g/mol. The van der Waals surface area contributed by atoms with E-state index in [1.54, 1.807) is 18.1 Å². The largest absolute Gasteiger partial charge is 0.495 e. The van der Waals surface area contributed by atoms with Crippen LogP contribution in [-0.4, -0.2) is 49.0 Å². The van der Waals surface area contributed by atoms with Crippen molar-refractivity contribution >= 4 is 23.1 Å². The molecule has 0 atom stereocenters. The predicted octanol–water partition coefficient (Wildman–Crippen LogP) is 3.33. The van der Waals surface area contributed by atoms with Gasteiger partial charge in [0.1, 0.15) is 5.75 Å². The number of hydrogen-bond donors (Lipinski definition) is 1. The molecule has 1 saturated heterocycles. The Balaban J connectivity index is 1.65. The van der Waals surface area contributed by atoms with Gasteiger partial charge in [0.15, 0.2) is 0 Å². The molecule has 0 radical (unpaired) electrons. The van der Waals surface area contributed by atoms with Crippen molar-refractivity contribution in [2.75, 3.05) is 33.3 Å². The van der Waals surface area contributed by atoms with E-state index in [1.807, 2.05) is 48.7 Å². The Bertz CT molecular complexity index is 937. The minimum atomic E-state index is -0.0884. The number of ether oxygens (including phenoxy) is 1. The molecule has 1 amide bonds. The lowest BCUT2D eigenvalue weighted by molar-refractivity contribution is -0.122. The van der Waals surface area contributed by atoms with E-state index < -0.39 is 0 Å². The van der Waals surface area contributed by atoms with Gasteiger partial charge < -0.3 is 15.0 Å². The van der Waals surface area contributed by atoms with E-state index in [1.165, 1.54) is 0 Å². The summed E-state index contributed by atoms with van der Waals surface area (Å²) in [5.74, 6) is 0.522. The number of carbonyl (C=O) groups is 1. The molecule has 1 N–H and O–H groups in total. The molecule has 3 aliphatic rings. The third-order valence-electron chi connectivity index (χ3n) is 4.99. The average Bonchev–Trinajstić information content (AvgIpc) is 2.72. The van der Waals surface area contributed by atoms with E-state index in [2.05, 4.69) is 16.3 Å². The number of methoxy groups -OCH3 is 1. The Kier molecular flexibility index (Phi) is 5.37. The lowest BCUT2D eigenvalue weighted by atomic mass is 10.0. The van der Waals surface area contributed by atoms with Gasteiger partial charge in [-0.3, -0.25) is 9.69 Å². The first-order valence-electron chi connectivity index (χ1n) is 9.28. The maximum atomic E-state index is 13.0. The molecule has 1 fully saturated rings. The van der Waals surface area contributed by atoms with Gasteiger partial charge in [-0.1, -0.05) is 29.8 Å². The molecule has 0 saturated carbocycles. The van der Waals surface area contributed by atoms with Crippen molar-refractivity contribution in [2.24, 2.45) is 0 Å². The second-order valence-electron chi connectivity index (χ2n) is 6.73. The molecule has 4 rings (SSSR count). The van der Waals surface area contributed by atoms with Gasteiger partial charge in [-0.25, -0.2) is 0 Å². The summed E-state index contributed by atoms with van der Waals surface area (Å²) in [6.45, 7) is 3.77. The van der Waals surface area contributed by atoms with Gasteiger partial charge >= 0.3 is 0 Å². The zero-order chi connectivity index (χ0) is 19.5. The summed E-state index contributed by atoms with van der Waals surface area (Å²) in [5.41, 5.74) is 3.57. The van der Waals surface area contributed by atoms with Crippen molar-refractivity contribution < 1.29 is 9.53 Å². The molecule has 0 aromatic heterocycles. The zero-order valence-corrected chi connectivity index (χ0v) is 16.4. The summed E-state index contributed by atoms with van der Waals surface area (Å²) in [6, 6.07) is 5.52. The fraction of sp³-hybridized carbons (Fsp3) is 0.227. The standard InChI is InChI=1S/C22H22ClN3O2/c1-28-21-8-5-17(13-20(21)23)16-3-2-4-18-6-7-19(15-26(18)22(27)14-16)25-11-9-24-10-12-25/h2-8,13-15,24H,9-12H2,1H3/b3-2+,16-14+,18-4+. The maximum Gasteiger partial charge on any atom is 0.255 e. The molecule has 0 bridgehead atoms. The molecular formula is C22H22ClN3O2. The lowest BCUT2D eigenvalue weighted by Crippen LogP contribution is -2.43. The highest BCUT2D eigenvalue weighted by Crippen LogP contribution is 2.30. The minimum Gasteiger partial charge on any atom is -0.495 e. The number of carbonyl (C=O) groups excluding carboxylic acids is 1. The first-order valence-corrected chi connectivity index (χ1v) is 9.66. The van der Waals surface area contributed by atoms with Crippen molar-refractivity contribution in [1.29, 1.82) is 0 Å². The lowest BCUT2D eigenvalue weighted by Gasteiger charge is -2.33. The monoisotopic (exact) mass is 395 g/mol. The number of halogens is 1. The van der Waals surface area contributed by atoms with Crippen LogP contribution in [0.25, 0.3) is 5.57 Å². The smallest absolute Gasteiger partial charge is 0.255 e. The van der Waals surface area contributed by atoms with Crippen LogP contribution in [0.1, 0.15) is 5.56 Å². The molecule has 5 nitrogen and oxygen atoms in total. The van der Waals surface area contributed by atoms with Gasteiger partial charge in [0.2, 0.25) is 0 Å².